The lowest BCUT2D eigenvalue weighted by Gasteiger charge is -2.38. The molecule has 1 aromatic rings. The number of carbonyl (C=O) groups excluding carboxylic acids is 1. The first-order chi connectivity index (χ1) is 11.1. The molecule has 3 rings (SSSR count). The standard InChI is InChI=1S/C15H18FNO4.C2H6/c1-19-14(18)12-3-2-11(10-13(12)16)17-6-4-15(5-7-17)20-8-9-21-15;1-2/h2-3,10H,4-9H2,1H3;1-2H3. The first-order valence-electron chi connectivity index (χ1n) is 8.04. The molecule has 0 bridgehead atoms. The molecule has 2 saturated heterocycles. The molecule has 0 atom stereocenters. The van der Waals surface area contributed by atoms with Gasteiger partial charge in [-0.3, -0.25) is 0 Å². The van der Waals surface area contributed by atoms with E-state index in [2.05, 4.69) is 9.64 Å². The van der Waals surface area contributed by atoms with Crippen LogP contribution in [0.5, 0.6) is 0 Å². The molecule has 2 aliphatic heterocycles. The average molecular weight is 325 g/mol. The Kier molecular flexibility index (Phi) is 5.96. The molecule has 5 nitrogen and oxygen atoms in total. The maximum Gasteiger partial charge on any atom is 0.340 e. The highest BCUT2D eigenvalue weighted by atomic mass is 19.1. The number of esters is 1. The number of benzene rings is 1. The molecule has 0 amide bonds. The van der Waals surface area contributed by atoms with Crippen LogP contribution in [-0.2, 0) is 14.2 Å². The minimum absolute atomic E-state index is 0.0443. The molecule has 1 spiro atoms. The lowest BCUT2D eigenvalue weighted by atomic mass is 10.0. The van der Waals surface area contributed by atoms with E-state index in [1.807, 2.05) is 13.8 Å². The number of hydrogen-bond acceptors (Lipinski definition) is 5. The molecule has 1 aromatic carbocycles. The molecule has 0 N–H and O–H groups in total. The first kappa shape index (κ1) is 17.7. The summed E-state index contributed by atoms with van der Waals surface area (Å²) >= 11 is 0. The van der Waals surface area contributed by atoms with Crippen molar-refractivity contribution in [2.45, 2.75) is 32.5 Å². The Morgan fingerprint density at radius 1 is 1.22 bits per heavy atom. The normalized spacial score (nSPS) is 19.2. The summed E-state index contributed by atoms with van der Waals surface area (Å²) in [6, 6.07) is 4.58. The van der Waals surface area contributed by atoms with Crippen LogP contribution in [0.4, 0.5) is 10.1 Å². The minimum Gasteiger partial charge on any atom is -0.465 e. The van der Waals surface area contributed by atoms with E-state index >= 15 is 0 Å². The summed E-state index contributed by atoms with van der Waals surface area (Å²) in [7, 11) is 1.24. The summed E-state index contributed by atoms with van der Waals surface area (Å²) in [5.74, 6) is -1.67. The number of rotatable bonds is 2. The third-order valence-corrected chi connectivity index (χ3v) is 4.06. The van der Waals surface area contributed by atoms with E-state index in [0.717, 1.165) is 31.6 Å². The number of methoxy groups -OCH3 is 1. The van der Waals surface area contributed by atoms with Crippen molar-refractivity contribution in [1.29, 1.82) is 0 Å². The lowest BCUT2D eigenvalue weighted by molar-refractivity contribution is -0.169. The van der Waals surface area contributed by atoms with Crippen molar-refractivity contribution in [3.63, 3.8) is 0 Å². The van der Waals surface area contributed by atoms with E-state index in [-0.39, 0.29) is 5.56 Å². The Hall–Kier alpha value is -1.66. The Bertz CT molecular complexity index is 533. The van der Waals surface area contributed by atoms with Crippen molar-refractivity contribution < 1.29 is 23.4 Å². The van der Waals surface area contributed by atoms with Gasteiger partial charge in [-0.05, 0) is 18.2 Å². The van der Waals surface area contributed by atoms with E-state index < -0.39 is 17.6 Å². The monoisotopic (exact) mass is 325 g/mol. The zero-order chi connectivity index (χ0) is 16.9. The second kappa shape index (κ2) is 7.75. The minimum atomic E-state index is -0.663. The molecule has 0 aromatic heterocycles. The van der Waals surface area contributed by atoms with Gasteiger partial charge in [0.1, 0.15) is 5.82 Å². The Morgan fingerprint density at radius 2 is 1.83 bits per heavy atom. The third-order valence-electron chi connectivity index (χ3n) is 4.06. The smallest absolute Gasteiger partial charge is 0.340 e. The summed E-state index contributed by atoms with van der Waals surface area (Å²) < 4.78 is 29.8. The predicted octanol–water partition coefficient (Wildman–Crippen LogP) is 2.98. The molecule has 2 fully saturated rings. The van der Waals surface area contributed by atoms with Crippen LogP contribution in [0.1, 0.15) is 37.0 Å². The van der Waals surface area contributed by atoms with Gasteiger partial charge in [0.15, 0.2) is 5.79 Å². The SMILES string of the molecule is CC.COC(=O)c1ccc(N2CCC3(CC2)OCCO3)cc1F. The first-order valence-corrected chi connectivity index (χ1v) is 8.04. The number of piperidine rings is 1. The fourth-order valence-electron chi connectivity index (χ4n) is 2.87. The van der Waals surface area contributed by atoms with Gasteiger partial charge in [-0.15, -0.1) is 0 Å². The van der Waals surface area contributed by atoms with E-state index in [9.17, 15) is 9.18 Å². The molecule has 128 valence electrons. The maximum absolute atomic E-state index is 14.0. The van der Waals surface area contributed by atoms with Crippen LogP contribution in [0.3, 0.4) is 0 Å². The fraction of sp³-hybridized carbons (Fsp3) is 0.588. The van der Waals surface area contributed by atoms with Gasteiger partial charge in [-0.1, -0.05) is 13.8 Å². The van der Waals surface area contributed by atoms with Crippen LogP contribution >= 0.6 is 0 Å². The van der Waals surface area contributed by atoms with Crippen LogP contribution in [0.25, 0.3) is 0 Å². The molecule has 23 heavy (non-hydrogen) atoms. The van der Waals surface area contributed by atoms with E-state index in [1.165, 1.54) is 19.2 Å². The molecule has 0 unspecified atom stereocenters. The van der Waals surface area contributed by atoms with E-state index in [1.54, 1.807) is 6.07 Å². The summed E-state index contributed by atoms with van der Waals surface area (Å²) in [6.07, 6.45) is 1.51. The highest BCUT2D eigenvalue weighted by Crippen LogP contribution is 2.33. The van der Waals surface area contributed by atoms with Crippen LogP contribution in [-0.4, -0.2) is 45.2 Å². The molecular formula is C17H24FNO4. The number of hydrogen-bond donors (Lipinski definition) is 0. The Labute approximate surface area is 136 Å². The van der Waals surface area contributed by atoms with Gasteiger partial charge < -0.3 is 19.1 Å². The van der Waals surface area contributed by atoms with Gasteiger partial charge in [-0.2, -0.15) is 0 Å². The van der Waals surface area contributed by atoms with Gasteiger partial charge in [0.25, 0.3) is 0 Å². The molecule has 0 saturated carbocycles. The number of anilines is 1. The second-order valence-corrected chi connectivity index (χ2v) is 5.25. The maximum atomic E-state index is 14.0. The predicted molar refractivity (Wildman–Crippen MR) is 85.2 cm³/mol. The van der Waals surface area contributed by atoms with Crippen molar-refractivity contribution in [3.05, 3.63) is 29.6 Å². The third kappa shape index (κ3) is 3.82. The van der Waals surface area contributed by atoms with Crippen LogP contribution in [0.2, 0.25) is 0 Å². The zero-order valence-corrected chi connectivity index (χ0v) is 13.9. The number of carbonyl (C=O) groups is 1. The van der Waals surface area contributed by atoms with Crippen molar-refractivity contribution in [3.8, 4) is 0 Å². The lowest BCUT2D eigenvalue weighted by Crippen LogP contribution is -2.45. The molecule has 6 heteroatoms. The largest absolute Gasteiger partial charge is 0.465 e. The second-order valence-electron chi connectivity index (χ2n) is 5.25. The zero-order valence-electron chi connectivity index (χ0n) is 13.9. The number of halogens is 1. The van der Waals surface area contributed by atoms with Crippen molar-refractivity contribution in [1.82, 2.24) is 0 Å². The fourth-order valence-corrected chi connectivity index (χ4v) is 2.87. The van der Waals surface area contributed by atoms with Gasteiger partial charge in [0, 0.05) is 31.6 Å². The number of nitrogens with zero attached hydrogens (tertiary/aromatic N) is 1. The summed E-state index contributed by atoms with van der Waals surface area (Å²) in [4.78, 5) is 13.5. The van der Waals surface area contributed by atoms with Crippen LogP contribution in [0.15, 0.2) is 18.2 Å². The van der Waals surface area contributed by atoms with Crippen molar-refractivity contribution in [2.24, 2.45) is 0 Å². The summed E-state index contributed by atoms with van der Waals surface area (Å²) in [6.45, 7) is 6.75. The molecule has 0 radical (unpaired) electrons. The Balaban J connectivity index is 0.000000924. The summed E-state index contributed by atoms with van der Waals surface area (Å²) in [5, 5.41) is 0. The molecule has 2 heterocycles. The van der Waals surface area contributed by atoms with Crippen molar-refractivity contribution in [2.75, 3.05) is 38.3 Å². The van der Waals surface area contributed by atoms with E-state index in [0.29, 0.717) is 13.2 Å². The van der Waals surface area contributed by atoms with E-state index in [4.69, 9.17) is 9.47 Å². The Morgan fingerprint density at radius 3 is 2.35 bits per heavy atom. The number of ether oxygens (including phenoxy) is 3. The van der Waals surface area contributed by atoms with Gasteiger partial charge in [0.2, 0.25) is 0 Å². The van der Waals surface area contributed by atoms with Gasteiger partial charge in [0.05, 0.1) is 25.9 Å². The summed E-state index contributed by atoms with van der Waals surface area (Å²) in [5.41, 5.74) is 0.713. The highest BCUT2D eigenvalue weighted by Gasteiger charge is 2.39. The quantitative estimate of drug-likeness (QED) is 0.782. The van der Waals surface area contributed by atoms with Crippen LogP contribution in [0, 0.1) is 5.82 Å². The molecule has 0 aliphatic carbocycles. The van der Waals surface area contributed by atoms with Gasteiger partial charge >= 0.3 is 5.97 Å². The van der Waals surface area contributed by atoms with Crippen LogP contribution < -0.4 is 4.90 Å². The van der Waals surface area contributed by atoms with Crippen molar-refractivity contribution >= 4 is 11.7 Å². The topological polar surface area (TPSA) is 48.0 Å². The highest BCUT2D eigenvalue weighted by molar-refractivity contribution is 5.90. The van der Waals surface area contributed by atoms with Gasteiger partial charge in [-0.25, -0.2) is 9.18 Å². The molecule has 2 aliphatic rings. The molecular weight excluding hydrogens is 301 g/mol. The average Bonchev–Trinajstić information content (AvgIpc) is 3.05.